The molecule has 3 aromatic heterocycles. The number of aromatic amines is 1. The second kappa shape index (κ2) is 11.9. The van der Waals surface area contributed by atoms with Gasteiger partial charge in [-0.05, 0) is 48.1 Å². The van der Waals surface area contributed by atoms with Crippen LogP contribution < -0.4 is 16.1 Å². The maximum absolute atomic E-state index is 14.0. The zero-order valence-electron chi connectivity index (χ0n) is 22.8. The highest BCUT2D eigenvalue weighted by Gasteiger charge is 2.18. The number of pyridine rings is 1. The molecular weight excluding hydrogens is 506 g/mol. The zero-order chi connectivity index (χ0) is 28.1. The molecule has 0 aliphatic carbocycles. The van der Waals surface area contributed by atoms with Gasteiger partial charge in [-0.1, -0.05) is 67.0 Å². The van der Waals surface area contributed by atoms with Gasteiger partial charge in [-0.25, -0.2) is 14.8 Å². The molecule has 0 bridgehead atoms. The summed E-state index contributed by atoms with van der Waals surface area (Å²) >= 11 is 0. The van der Waals surface area contributed by atoms with Crippen molar-refractivity contribution < 1.29 is 9.26 Å². The predicted octanol–water partition coefficient (Wildman–Crippen LogP) is 4.95. The van der Waals surface area contributed by atoms with Crippen molar-refractivity contribution in [1.82, 2.24) is 24.7 Å². The molecule has 0 spiro atoms. The summed E-state index contributed by atoms with van der Waals surface area (Å²) in [6, 6.07) is 19.5. The first-order valence-electron chi connectivity index (χ1n) is 13.3. The van der Waals surface area contributed by atoms with E-state index < -0.39 is 5.76 Å². The van der Waals surface area contributed by atoms with Gasteiger partial charge in [0.1, 0.15) is 5.82 Å². The second-order valence-corrected chi connectivity index (χ2v) is 9.65. The van der Waals surface area contributed by atoms with Crippen molar-refractivity contribution in [2.24, 2.45) is 0 Å². The van der Waals surface area contributed by atoms with Crippen LogP contribution in [0, 0.1) is 6.92 Å². The lowest BCUT2D eigenvalue weighted by Gasteiger charge is -2.16. The van der Waals surface area contributed by atoms with Gasteiger partial charge in [0, 0.05) is 29.8 Å². The maximum Gasteiger partial charge on any atom is 0.439 e. The molecule has 40 heavy (non-hydrogen) atoms. The molecule has 1 N–H and O–H groups in total. The SMILES string of the molecule is CCCCc1nc(C)n(Cc2ccc(OC)nc2)c(=O)c1Cc1ccc(-c2ccccc2)c(-c2noc(=O)[nH]2)c1. The number of unbranched alkanes of at least 4 members (excludes halogenated alkanes) is 1. The van der Waals surface area contributed by atoms with Gasteiger partial charge in [-0.2, -0.15) is 0 Å². The topological polar surface area (TPSA) is 116 Å². The van der Waals surface area contributed by atoms with Gasteiger partial charge in [0.05, 0.1) is 19.3 Å². The number of hydrogen-bond acceptors (Lipinski definition) is 7. The number of nitrogens with one attached hydrogen (secondary N) is 1. The fraction of sp³-hybridized carbons (Fsp3) is 0.258. The number of H-pyrrole nitrogens is 1. The molecule has 0 amide bonds. The van der Waals surface area contributed by atoms with Crippen LogP contribution in [0.5, 0.6) is 5.88 Å². The molecule has 0 unspecified atom stereocenters. The van der Waals surface area contributed by atoms with Crippen LogP contribution in [0.1, 0.15) is 48.0 Å². The lowest BCUT2D eigenvalue weighted by atomic mass is 9.94. The fourth-order valence-corrected chi connectivity index (χ4v) is 4.80. The average Bonchev–Trinajstić information content (AvgIpc) is 3.42. The van der Waals surface area contributed by atoms with Crippen molar-refractivity contribution in [1.29, 1.82) is 0 Å². The van der Waals surface area contributed by atoms with Gasteiger partial charge in [0.25, 0.3) is 5.56 Å². The van der Waals surface area contributed by atoms with E-state index in [1.54, 1.807) is 23.9 Å². The van der Waals surface area contributed by atoms with Crippen molar-refractivity contribution >= 4 is 0 Å². The molecule has 204 valence electrons. The van der Waals surface area contributed by atoms with E-state index in [9.17, 15) is 9.59 Å². The first kappa shape index (κ1) is 26.8. The third-order valence-corrected chi connectivity index (χ3v) is 6.90. The summed E-state index contributed by atoms with van der Waals surface area (Å²) < 4.78 is 11.7. The van der Waals surface area contributed by atoms with Gasteiger partial charge in [0.2, 0.25) is 5.88 Å². The summed E-state index contributed by atoms with van der Waals surface area (Å²) in [7, 11) is 1.57. The first-order valence-corrected chi connectivity index (χ1v) is 13.3. The number of rotatable bonds is 10. The normalized spacial score (nSPS) is 11.1. The highest BCUT2D eigenvalue weighted by Crippen LogP contribution is 2.31. The van der Waals surface area contributed by atoms with Crippen molar-refractivity contribution in [3.63, 3.8) is 0 Å². The standard InChI is InChI=1S/C31H31N5O4/c1-4-5-11-27-26(30(37)36(20(2)33-27)19-22-13-15-28(39-3)32-18-22)17-21-12-14-24(23-9-7-6-8-10-23)25(16-21)29-34-31(38)40-35-29/h6-10,12-16,18H,4-5,11,17,19H2,1-3H3,(H,34,35,38). The van der Waals surface area contributed by atoms with E-state index in [1.807, 2.05) is 61.5 Å². The highest BCUT2D eigenvalue weighted by molar-refractivity contribution is 5.81. The molecular formula is C31H31N5O4. The second-order valence-electron chi connectivity index (χ2n) is 9.65. The Morgan fingerprint density at radius 1 is 1.00 bits per heavy atom. The van der Waals surface area contributed by atoms with E-state index >= 15 is 0 Å². The van der Waals surface area contributed by atoms with Crippen LogP contribution >= 0.6 is 0 Å². The lowest BCUT2D eigenvalue weighted by molar-refractivity contribution is 0.388. The molecule has 0 atom stereocenters. The van der Waals surface area contributed by atoms with Crippen molar-refractivity contribution in [2.75, 3.05) is 7.11 Å². The van der Waals surface area contributed by atoms with Crippen molar-refractivity contribution in [2.45, 2.75) is 46.1 Å². The molecule has 9 nitrogen and oxygen atoms in total. The number of ether oxygens (including phenoxy) is 1. The van der Waals surface area contributed by atoms with Gasteiger partial charge in [-0.15, -0.1) is 0 Å². The summed E-state index contributed by atoms with van der Waals surface area (Å²) in [6.45, 7) is 4.34. The summed E-state index contributed by atoms with van der Waals surface area (Å²) in [4.78, 5) is 37.6. The minimum Gasteiger partial charge on any atom is -0.481 e. The van der Waals surface area contributed by atoms with Gasteiger partial charge < -0.3 is 4.74 Å². The fourth-order valence-electron chi connectivity index (χ4n) is 4.80. The van der Waals surface area contributed by atoms with Crippen LogP contribution in [0.4, 0.5) is 0 Å². The van der Waals surface area contributed by atoms with Crippen molar-refractivity contribution in [3.05, 3.63) is 116 Å². The first-order chi connectivity index (χ1) is 19.5. The monoisotopic (exact) mass is 537 g/mol. The van der Waals surface area contributed by atoms with Crippen LogP contribution in [0.15, 0.2) is 81.0 Å². The summed E-state index contributed by atoms with van der Waals surface area (Å²) in [5.74, 6) is 0.893. The summed E-state index contributed by atoms with van der Waals surface area (Å²) in [6.07, 6.45) is 4.75. The zero-order valence-corrected chi connectivity index (χ0v) is 22.8. The Bertz CT molecular complexity index is 1720. The molecule has 0 saturated carbocycles. The van der Waals surface area contributed by atoms with E-state index in [4.69, 9.17) is 14.2 Å². The Morgan fingerprint density at radius 3 is 2.48 bits per heavy atom. The number of benzene rings is 2. The highest BCUT2D eigenvalue weighted by atomic mass is 16.5. The molecule has 5 aromatic rings. The molecule has 0 saturated heterocycles. The maximum atomic E-state index is 14.0. The largest absolute Gasteiger partial charge is 0.481 e. The number of hydrogen-bond donors (Lipinski definition) is 1. The Labute approximate surface area is 231 Å². The smallest absolute Gasteiger partial charge is 0.439 e. The number of methoxy groups -OCH3 is 1. The third-order valence-electron chi connectivity index (χ3n) is 6.90. The van der Waals surface area contributed by atoms with Gasteiger partial charge >= 0.3 is 5.76 Å². The van der Waals surface area contributed by atoms with Gasteiger partial charge in [0.15, 0.2) is 5.82 Å². The van der Waals surface area contributed by atoms with E-state index in [0.29, 0.717) is 36.1 Å². The van der Waals surface area contributed by atoms with E-state index in [2.05, 4.69) is 22.0 Å². The molecule has 0 aliphatic rings. The molecule has 0 aliphatic heterocycles. The Balaban J connectivity index is 1.58. The third kappa shape index (κ3) is 5.78. The number of nitrogens with zero attached hydrogens (tertiary/aromatic N) is 4. The van der Waals surface area contributed by atoms with Crippen molar-refractivity contribution in [3.8, 4) is 28.4 Å². The predicted molar refractivity (Wildman–Crippen MR) is 153 cm³/mol. The van der Waals surface area contributed by atoms with E-state index in [0.717, 1.165) is 52.8 Å². The molecule has 2 aromatic carbocycles. The summed E-state index contributed by atoms with van der Waals surface area (Å²) in [5, 5.41) is 3.94. The molecule has 3 heterocycles. The minimum atomic E-state index is -0.625. The quantitative estimate of drug-likeness (QED) is 0.268. The van der Waals surface area contributed by atoms with Crippen LogP contribution in [-0.4, -0.2) is 31.8 Å². The number of aryl methyl sites for hydroxylation is 2. The van der Waals surface area contributed by atoms with Crippen LogP contribution in [0.25, 0.3) is 22.5 Å². The number of aromatic nitrogens is 5. The lowest BCUT2D eigenvalue weighted by Crippen LogP contribution is -2.30. The molecule has 9 heteroatoms. The van der Waals surface area contributed by atoms with E-state index in [-0.39, 0.29) is 5.56 Å². The Kier molecular flexibility index (Phi) is 8.00. The van der Waals surface area contributed by atoms with Crippen LogP contribution in [-0.2, 0) is 19.4 Å². The summed E-state index contributed by atoms with van der Waals surface area (Å²) in [5.41, 5.74) is 5.77. The minimum absolute atomic E-state index is 0.0713. The van der Waals surface area contributed by atoms with E-state index in [1.165, 1.54) is 0 Å². The molecule has 0 fully saturated rings. The van der Waals surface area contributed by atoms with Crippen LogP contribution in [0.3, 0.4) is 0 Å². The van der Waals surface area contributed by atoms with Crippen LogP contribution in [0.2, 0.25) is 0 Å². The Hall–Kier alpha value is -4.79. The molecule has 0 radical (unpaired) electrons. The Morgan fingerprint density at radius 2 is 1.80 bits per heavy atom. The molecule has 5 rings (SSSR count). The average molecular weight is 538 g/mol. The van der Waals surface area contributed by atoms with Gasteiger partial charge in [-0.3, -0.25) is 18.9 Å².